The summed E-state index contributed by atoms with van der Waals surface area (Å²) in [6, 6.07) is 8.11. The molecule has 0 aromatic heterocycles. The van der Waals surface area contributed by atoms with Crippen molar-refractivity contribution in [3.8, 4) is 0 Å². The van der Waals surface area contributed by atoms with Crippen LogP contribution in [0.4, 0.5) is 0 Å². The zero-order valence-corrected chi connectivity index (χ0v) is 9.00. The van der Waals surface area contributed by atoms with Crippen LogP contribution >= 0.6 is 15.9 Å². The number of hydrogen-bond donors (Lipinski definition) is 2. The number of benzene rings is 1. The van der Waals surface area contributed by atoms with E-state index in [0.717, 1.165) is 17.3 Å². The highest BCUT2D eigenvalue weighted by atomic mass is 79.9. The van der Waals surface area contributed by atoms with Crippen LogP contribution in [0, 0.1) is 0 Å². The Hall–Kier alpha value is -0.380. The third-order valence-corrected chi connectivity index (χ3v) is 2.48. The summed E-state index contributed by atoms with van der Waals surface area (Å²) in [5, 5.41) is 9.24. The summed E-state index contributed by atoms with van der Waals surface area (Å²) < 4.78 is 1.08. The van der Waals surface area contributed by atoms with E-state index in [4.69, 9.17) is 5.73 Å². The molecule has 3 N–H and O–H groups in total. The van der Waals surface area contributed by atoms with Crippen molar-refractivity contribution in [3.05, 3.63) is 34.3 Å². The molecule has 0 aliphatic rings. The molecule has 0 fully saturated rings. The average molecular weight is 244 g/mol. The van der Waals surface area contributed by atoms with Gasteiger partial charge in [-0.1, -0.05) is 28.1 Å². The highest BCUT2D eigenvalue weighted by Crippen LogP contribution is 2.12. The van der Waals surface area contributed by atoms with E-state index in [9.17, 15) is 5.11 Å². The fourth-order valence-corrected chi connectivity index (χ4v) is 1.37. The lowest BCUT2D eigenvalue weighted by molar-refractivity contribution is 0.173. The minimum Gasteiger partial charge on any atom is -0.392 e. The molecule has 0 bridgehead atoms. The molecule has 0 spiro atoms. The van der Waals surface area contributed by atoms with Gasteiger partial charge in [0.2, 0.25) is 0 Å². The molecule has 1 aromatic carbocycles. The second-order valence-electron chi connectivity index (χ2n) is 3.05. The van der Waals surface area contributed by atoms with Crippen molar-refractivity contribution in [2.45, 2.75) is 18.9 Å². The van der Waals surface area contributed by atoms with Crippen LogP contribution in [-0.2, 0) is 6.42 Å². The van der Waals surface area contributed by atoms with E-state index < -0.39 is 0 Å². The summed E-state index contributed by atoms with van der Waals surface area (Å²) in [5.41, 5.74) is 6.53. The number of halogens is 1. The van der Waals surface area contributed by atoms with E-state index in [1.807, 2.05) is 24.3 Å². The molecule has 0 aliphatic heterocycles. The molecule has 0 aliphatic carbocycles. The van der Waals surface area contributed by atoms with Crippen molar-refractivity contribution in [2.75, 3.05) is 6.54 Å². The predicted molar refractivity (Wildman–Crippen MR) is 57.5 cm³/mol. The Labute approximate surface area is 86.9 Å². The first-order chi connectivity index (χ1) is 6.22. The maximum absolute atomic E-state index is 9.24. The smallest absolute Gasteiger partial charge is 0.0665 e. The lowest BCUT2D eigenvalue weighted by Crippen LogP contribution is -2.20. The first-order valence-corrected chi connectivity index (χ1v) is 5.14. The normalized spacial score (nSPS) is 12.8. The summed E-state index contributed by atoms with van der Waals surface area (Å²) in [5.74, 6) is 0. The third kappa shape index (κ3) is 3.89. The van der Waals surface area contributed by atoms with Crippen molar-refractivity contribution >= 4 is 15.9 Å². The standard InChI is InChI=1S/C10H14BrNO/c11-9-4-1-8(2-5-9)3-6-10(13)7-12/h1-2,4-5,10,13H,3,6-7,12H2. The van der Waals surface area contributed by atoms with E-state index >= 15 is 0 Å². The lowest BCUT2D eigenvalue weighted by Gasteiger charge is -2.06. The van der Waals surface area contributed by atoms with Crippen LogP contribution < -0.4 is 5.73 Å². The van der Waals surface area contributed by atoms with E-state index in [0.29, 0.717) is 6.54 Å². The predicted octanol–water partition coefficient (Wildman–Crippen LogP) is 1.70. The van der Waals surface area contributed by atoms with Crippen LogP contribution in [0.15, 0.2) is 28.7 Å². The monoisotopic (exact) mass is 243 g/mol. The quantitative estimate of drug-likeness (QED) is 0.846. The largest absolute Gasteiger partial charge is 0.392 e. The zero-order valence-electron chi connectivity index (χ0n) is 7.41. The zero-order chi connectivity index (χ0) is 9.68. The second-order valence-corrected chi connectivity index (χ2v) is 3.97. The maximum atomic E-state index is 9.24. The molecular weight excluding hydrogens is 230 g/mol. The van der Waals surface area contributed by atoms with Crippen LogP contribution in [0.5, 0.6) is 0 Å². The Morgan fingerprint density at radius 3 is 2.46 bits per heavy atom. The molecule has 1 rings (SSSR count). The van der Waals surface area contributed by atoms with Gasteiger partial charge in [0.15, 0.2) is 0 Å². The van der Waals surface area contributed by atoms with E-state index in [1.165, 1.54) is 5.56 Å². The highest BCUT2D eigenvalue weighted by molar-refractivity contribution is 9.10. The summed E-state index contributed by atoms with van der Waals surface area (Å²) in [4.78, 5) is 0. The van der Waals surface area contributed by atoms with Gasteiger partial charge in [-0.15, -0.1) is 0 Å². The summed E-state index contributed by atoms with van der Waals surface area (Å²) in [6.07, 6.45) is 1.24. The van der Waals surface area contributed by atoms with Crippen LogP contribution in [0.3, 0.4) is 0 Å². The molecule has 0 heterocycles. The first-order valence-electron chi connectivity index (χ1n) is 4.35. The maximum Gasteiger partial charge on any atom is 0.0665 e. The SMILES string of the molecule is NCC(O)CCc1ccc(Br)cc1. The molecule has 1 unspecified atom stereocenters. The molecule has 0 saturated heterocycles. The Morgan fingerprint density at radius 2 is 1.92 bits per heavy atom. The van der Waals surface area contributed by atoms with E-state index in [-0.39, 0.29) is 6.10 Å². The van der Waals surface area contributed by atoms with Gasteiger partial charge in [-0.05, 0) is 30.5 Å². The molecule has 0 radical (unpaired) electrons. The van der Waals surface area contributed by atoms with E-state index in [2.05, 4.69) is 15.9 Å². The number of aliphatic hydroxyl groups excluding tert-OH is 1. The molecule has 1 aromatic rings. The third-order valence-electron chi connectivity index (χ3n) is 1.95. The van der Waals surface area contributed by atoms with Crippen LogP contribution in [0.2, 0.25) is 0 Å². The van der Waals surface area contributed by atoms with Gasteiger partial charge < -0.3 is 10.8 Å². The van der Waals surface area contributed by atoms with E-state index in [1.54, 1.807) is 0 Å². The van der Waals surface area contributed by atoms with Gasteiger partial charge >= 0.3 is 0 Å². The van der Waals surface area contributed by atoms with Gasteiger partial charge in [0.1, 0.15) is 0 Å². The van der Waals surface area contributed by atoms with Gasteiger partial charge in [-0.3, -0.25) is 0 Å². The van der Waals surface area contributed by atoms with Crippen molar-refractivity contribution in [1.29, 1.82) is 0 Å². The molecule has 1 atom stereocenters. The molecule has 0 saturated carbocycles. The second kappa shape index (κ2) is 5.37. The molecule has 72 valence electrons. The number of hydrogen-bond acceptors (Lipinski definition) is 2. The minimum absolute atomic E-state index is 0.344. The number of rotatable bonds is 4. The number of nitrogens with two attached hydrogens (primary N) is 1. The Bertz CT molecular complexity index is 248. The van der Waals surface area contributed by atoms with Crippen LogP contribution in [0.25, 0.3) is 0 Å². The van der Waals surface area contributed by atoms with Gasteiger partial charge in [0.25, 0.3) is 0 Å². The Morgan fingerprint density at radius 1 is 1.31 bits per heavy atom. The van der Waals surface area contributed by atoms with Gasteiger partial charge in [-0.2, -0.15) is 0 Å². The van der Waals surface area contributed by atoms with Gasteiger partial charge in [0, 0.05) is 11.0 Å². The highest BCUT2D eigenvalue weighted by Gasteiger charge is 2.01. The average Bonchev–Trinajstić information content (AvgIpc) is 2.16. The number of aryl methyl sites for hydroxylation is 1. The topological polar surface area (TPSA) is 46.2 Å². The van der Waals surface area contributed by atoms with Crippen LogP contribution in [0.1, 0.15) is 12.0 Å². The fraction of sp³-hybridized carbons (Fsp3) is 0.400. The van der Waals surface area contributed by atoms with Crippen molar-refractivity contribution < 1.29 is 5.11 Å². The van der Waals surface area contributed by atoms with Crippen molar-refractivity contribution in [2.24, 2.45) is 5.73 Å². The van der Waals surface area contributed by atoms with Crippen molar-refractivity contribution in [3.63, 3.8) is 0 Å². The molecule has 0 amide bonds. The molecule has 3 heteroatoms. The van der Waals surface area contributed by atoms with Gasteiger partial charge in [0.05, 0.1) is 6.10 Å². The van der Waals surface area contributed by atoms with Crippen LogP contribution in [-0.4, -0.2) is 17.8 Å². The Kier molecular flexibility index (Phi) is 4.42. The fourth-order valence-electron chi connectivity index (χ4n) is 1.10. The molecule has 2 nitrogen and oxygen atoms in total. The van der Waals surface area contributed by atoms with Crippen molar-refractivity contribution in [1.82, 2.24) is 0 Å². The summed E-state index contributed by atoms with van der Waals surface area (Å²) in [7, 11) is 0. The minimum atomic E-state index is -0.372. The lowest BCUT2D eigenvalue weighted by atomic mass is 10.1. The molecular formula is C10H14BrNO. The van der Waals surface area contributed by atoms with Gasteiger partial charge in [-0.25, -0.2) is 0 Å². The Balaban J connectivity index is 2.41. The summed E-state index contributed by atoms with van der Waals surface area (Å²) in [6.45, 7) is 0.344. The first kappa shape index (κ1) is 10.7. The summed E-state index contributed by atoms with van der Waals surface area (Å²) >= 11 is 3.37. The molecule has 13 heavy (non-hydrogen) atoms. The number of aliphatic hydroxyl groups is 1.